The van der Waals surface area contributed by atoms with Gasteiger partial charge in [-0.2, -0.15) is 5.10 Å². The van der Waals surface area contributed by atoms with Crippen LogP contribution in [0.1, 0.15) is 19.3 Å². The molecular weight excluding hydrogens is 376 g/mol. The molecule has 9 heteroatoms. The SMILES string of the molecule is NC(=O)[C@H]1CCCCN1C(=O)CSc1ncnc2c1cnn2-c1ccccc1. The van der Waals surface area contributed by atoms with Crippen LogP contribution >= 0.6 is 11.8 Å². The van der Waals surface area contributed by atoms with Crippen LogP contribution in [-0.2, 0) is 9.59 Å². The maximum atomic E-state index is 12.7. The van der Waals surface area contributed by atoms with Crippen molar-refractivity contribution in [3.05, 3.63) is 42.9 Å². The summed E-state index contributed by atoms with van der Waals surface area (Å²) < 4.78 is 1.75. The second-order valence-corrected chi connectivity index (χ2v) is 7.56. The van der Waals surface area contributed by atoms with E-state index in [1.165, 1.54) is 18.1 Å². The lowest BCUT2D eigenvalue weighted by Crippen LogP contribution is -2.51. The minimum atomic E-state index is -0.506. The zero-order valence-corrected chi connectivity index (χ0v) is 16.0. The number of benzene rings is 1. The first kappa shape index (κ1) is 18.4. The normalized spacial score (nSPS) is 17.0. The van der Waals surface area contributed by atoms with Gasteiger partial charge in [-0.25, -0.2) is 14.6 Å². The molecule has 2 aromatic heterocycles. The summed E-state index contributed by atoms with van der Waals surface area (Å²) in [5.41, 5.74) is 7.05. The van der Waals surface area contributed by atoms with Crippen molar-refractivity contribution in [2.75, 3.05) is 12.3 Å². The fourth-order valence-corrected chi connectivity index (χ4v) is 4.28. The van der Waals surface area contributed by atoms with E-state index in [9.17, 15) is 9.59 Å². The third kappa shape index (κ3) is 3.57. The van der Waals surface area contributed by atoms with Crippen molar-refractivity contribution in [2.24, 2.45) is 5.73 Å². The summed E-state index contributed by atoms with van der Waals surface area (Å²) in [6.07, 6.45) is 5.62. The van der Waals surface area contributed by atoms with Gasteiger partial charge in [0.15, 0.2) is 5.65 Å². The van der Waals surface area contributed by atoms with E-state index >= 15 is 0 Å². The van der Waals surface area contributed by atoms with Crippen molar-refractivity contribution in [3.63, 3.8) is 0 Å². The average Bonchev–Trinajstić information content (AvgIpc) is 3.17. The number of hydrogen-bond acceptors (Lipinski definition) is 6. The van der Waals surface area contributed by atoms with Crippen LogP contribution in [-0.4, -0.2) is 54.8 Å². The number of hydrogen-bond donors (Lipinski definition) is 1. The molecule has 2 N–H and O–H groups in total. The predicted octanol–water partition coefficient (Wildman–Crippen LogP) is 1.77. The highest BCUT2D eigenvalue weighted by Crippen LogP contribution is 2.27. The summed E-state index contributed by atoms with van der Waals surface area (Å²) in [6, 6.07) is 9.21. The van der Waals surface area contributed by atoms with Gasteiger partial charge in [0.05, 0.1) is 23.0 Å². The molecule has 8 nitrogen and oxygen atoms in total. The van der Waals surface area contributed by atoms with Crippen molar-refractivity contribution in [1.82, 2.24) is 24.6 Å². The maximum absolute atomic E-state index is 12.7. The summed E-state index contributed by atoms with van der Waals surface area (Å²) in [5, 5.41) is 5.90. The second kappa shape index (κ2) is 7.97. The first-order chi connectivity index (χ1) is 13.6. The average molecular weight is 396 g/mol. The molecule has 2 amide bonds. The van der Waals surface area contributed by atoms with E-state index < -0.39 is 11.9 Å². The fraction of sp³-hybridized carbons (Fsp3) is 0.316. The highest BCUT2D eigenvalue weighted by molar-refractivity contribution is 8.00. The topological polar surface area (TPSA) is 107 Å². The van der Waals surface area contributed by atoms with Crippen LogP contribution in [0.5, 0.6) is 0 Å². The van der Waals surface area contributed by atoms with E-state index in [2.05, 4.69) is 15.1 Å². The van der Waals surface area contributed by atoms with Crippen LogP contribution < -0.4 is 5.73 Å². The van der Waals surface area contributed by atoms with Crippen molar-refractivity contribution in [3.8, 4) is 5.69 Å². The molecule has 0 spiro atoms. The van der Waals surface area contributed by atoms with E-state index in [0.29, 0.717) is 23.6 Å². The minimum Gasteiger partial charge on any atom is -0.368 e. The highest BCUT2D eigenvalue weighted by Gasteiger charge is 2.30. The molecule has 1 aromatic carbocycles. The monoisotopic (exact) mass is 396 g/mol. The number of primary amides is 1. The highest BCUT2D eigenvalue weighted by atomic mass is 32.2. The lowest BCUT2D eigenvalue weighted by molar-refractivity contribution is -0.138. The molecule has 0 aliphatic carbocycles. The number of fused-ring (bicyclic) bond motifs is 1. The molecule has 144 valence electrons. The Balaban J connectivity index is 1.53. The van der Waals surface area contributed by atoms with Crippen LogP contribution in [0.25, 0.3) is 16.7 Å². The number of nitrogens with zero attached hydrogens (tertiary/aromatic N) is 5. The molecule has 1 fully saturated rings. The third-order valence-corrected chi connectivity index (χ3v) is 5.80. The van der Waals surface area contributed by atoms with E-state index in [1.54, 1.807) is 15.8 Å². The van der Waals surface area contributed by atoms with Gasteiger partial charge in [0.2, 0.25) is 11.8 Å². The Labute approximate surface area is 166 Å². The Bertz CT molecular complexity index is 1010. The molecule has 1 atom stereocenters. The number of carbonyl (C=O) groups is 2. The van der Waals surface area contributed by atoms with Crippen LogP contribution in [0.2, 0.25) is 0 Å². The van der Waals surface area contributed by atoms with Gasteiger partial charge in [-0.05, 0) is 31.4 Å². The maximum Gasteiger partial charge on any atom is 0.240 e. The number of rotatable bonds is 5. The molecule has 28 heavy (non-hydrogen) atoms. The quantitative estimate of drug-likeness (QED) is 0.520. The summed E-state index contributed by atoms with van der Waals surface area (Å²) in [7, 11) is 0. The van der Waals surface area contributed by atoms with Crippen molar-refractivity contribution in [2.45, 2.75) is 30.3 Å². The number of likely N-dealkylation sites (tertiary alicyclic amines) is 1. The lowest BCUT2D eigenvalue weighted by Gasteiger charge is -2.33. The minimum absolute atomic E-state index is 0.101. The number of thioether (sulfide) groups is 1. The Morgan fingerprint density at radius 3 is 2.79 bits per heavy atom. The summed E-state index contributed by atoms with van der Waals surface area (Å²) >= 11 is 1.33. The largest absolute Gasteiger partial charge is 0.368 e. The zero-order chi connectivity index (χ0) is 19.5. The number of para-hydroxylation sites is 1. The second-order valence-electron chi connectivity index (χ2n) is 6.60. The molecular formula is C19H20N6O2S. The Hall–Kier alpha value is -2.94. The van der Waals surface area contributed by atoms with E-state index in [-0.39, 0.29) is 11.7 Å². The zero-order valence-electron chi connectivity index (χ0n) is 15.2. The Kier molecular flexibility index (Phi) is 5.25. The number of nitrogens with two attached hydrogens (primary N) is 1. The lowest BCUT2D eigenvalue weighted by atomic mass is 10.0. The van der Waals surface area contributed by atoms with E-state index in [4.69, 9.17) is 5.73 Å². The van der Waals surface area contributed by atoms with Gasteiger partial charge < -0.3 is 10.6 Å². The Morgan fingerprint density at radius 2 is 2.00 bits per heavy atom. The summed E-state index contributed by atoms with van der Waals surface area (Å²) in [5.74, 6) is -0.353. The first-order valence-electron chi connectivity index (χ1n) is 9.11. The van der Waals surface area contributed by atoms with E-state index in [1.807, 2.05) is 30.3 Å². The van der Waals surface area contributed by atoms with Gasteiger partial charge in [-0.3, -0.25) is 9.59 Å². The molecule has 1 aliphatic heterocycles. The number of carbonyl (C=O) groups excluding carboxylic acids is 2. The smallest absolute Gasteiger partial charge is 0.240 e. The van der Waals surface area contributed by atoms with Crippen LogP contribution in [0.15, 0.2) is 47.9 Å². The van der Waals surface area contributed by atoms with Gasteiger partial charge in [-0.1, -0.05) is 30.0 Å². The molecule has 1 aliphatic rings. The number of piperidine rings is 1. The van der Waals surface area contributed by atoms with Crippen molar-refractivity contribution < 1.29 is 9.59 Å². The third-order valence-electron chi connectivity index (χ3n) is 4.81. The molecule has 0 saturated carbocycles. The van der Waals surface area contributed by atoms with Gasteiger partial charge in [0, 0.05) is 6.54 Å². The molecule has 0 bridgehead atoms. The first-order valence-corrected chi connectivity index (χ1v) is 10.1. The Morgan fingerprint density at radius 1 is 1.18 bits per heavy atom. The van der Waals surface area contributed by atoms with Crippen molar-refractivity contribution in [1.29, 1.82) is 0 Å². The molecule has 3 heterocycles. The van der Waals surface area contributed by atoms with Gasteiger partial charge in [-0.15, -0.1) is 0 Å². The van der Waals surface area contributed by atoms with Crippen LogP contribution in [0.3, 0.4) is 0 Å². The summed E-state index contributed by atoms with van der Waals surface area (Å²) in [6.45, 7) is 0.568. The molecule has 1 saturated heterocycles. The fourth-order valence-electron chi connectivity index (χ4n) is 3.43. The van der Waals surface area contributed by atoms with Crippen LogP contribution in [0, 0.1) is 0 Å². The molecule has 0 unspecified atom stereocenters. The van der Waals surface area contributed by atoms with Gasteiger partial charge in [0.1, 0.15) is 17.4 Å². The molecule has 3 aromatic rings. The predicted molar refractivity (Wildman–Crippen MR) is 106 cm³/mol. The van der Waals surface area contributed by atoms with Gasteiger partial charge >= 0.3 is 0 Å². The van der Waals surface area contributed by atoms with Crippen molar-refractivity contribution >= 4 is 34.6 Å². The van der Waals surface area contributed by atoms with E-state index in [0.717, 1.165) is 23.9 Å². The molecule has 0 radical (unpaired) electrons. The summed E-state index contributed by atoms with van der Waals surface area (Å²) in [4.78, 5) is 34.6. The standard InChI is InChI=1S/C19H20N6O2S/c20-17(27)15-8-4-5-9-24(15)16(26)11-28-19-14-10-23-25(18(14)21-12-22-19)13-6-2-1-3-7-13/h1-3,6-7,10,12,15H,4-5,8-9,11H2,(H2,20,27)/t15-/m1/s1. The number of aromatic nitrogens is 4. The molecule has 4 rings (SSSR count). The van der Waals surface area contributed by atoms with Gasteiger partial charge in [0.25, 0.3) is 0 Å². The number of amides is 2. The van der Waals surface area contributed by atoms with Crippen LogP contribution in [0.4, 0.5) is 0 Å².